The summed E-state index contributed by atoms with van der Waals surface area (Å²) in [5.41, 5.74) is 7.53. The Labute approximate surface area is 113 Å². The van der Waals surface area contributed by atoms with Crippen LogP contribution in [0.25, 0.3) is 11.5 Å². The largest absolute Gasteiger partial charge is 0.389 e. The van der Waals surface area contributed by atoms with E-state index in [1.54, 1.807) is 0 Å². The third-order valence-corrected chi connectivity index (χ3v) is 5.15. The Hall–Kier alpha value is -1.08. The van der Waals surface area contributed by atoms with Crippen LogP contribution in [0.4, 0.5) is 5.00 Å². The number of nitrogens with two attached hydrogens (primary N) is 1. The lowest BCUT2D eigenvalue weighted by Gasteiger charge is -2.17. The average Bonchev–Trinajstić information content (AvgIpc) is 2.98. The summed E-state index contributed by atoms with van der Waals surface area (Å²) in [7, 11) is 0. The van der Waals surface area contributed by atoms with Crippen LogP contribution in [0.5, 0.6) is 0 Å². The van der Waals surface area contributed by atoms with E-state index in [0.717, 1.165) is 23.5 Å². The maximum atomic E-state index is 5.88. The van der Waals surface area contributed by atoms with Gasteiger partial charge in [0.05, 0.1) is 16.5 Å². The molecule has 1 unspecified atom stereocenters. The van der Waals surface area contributed by atoms with Crippen molar-refractivity contribution in [3.8, 4) is 11.5 Å². The molecule has 1 fully saturated rings. The molecule has 2 aromatic rings. The minimum atomic E-state index is 0.365. The van der Waals surface area contributed by atoms with Gasteiger partial charge in [-0.3, -0.25) is 0 Å². The van der Waals surface area contributed by atoms with Gasteiger partial charge in [-0.05, 0) is 37.1 Å². The van der Waals surface area contributed by atoms with Crippen molar-refractivity contribution in [3.63, 3.8) is 0 Å². The quantitative estimate of drug-likeness (QED) is 0.912. The SMILES string of the molecule is Cc1nsc(N)c1-c1nc(C2CCCCS2)no1. The molecule has 1 aliphatic heterocycles. The smallest absolute Gasteiger partial charge is 0.262 e. The topological polar surface area (TPSA) is 77.8 Å². The predicted molar refractivity (Wildman–Crippen MR) is 73.6 cm³/mol. The maximum absolute atomic E-state index is 5.88. The van der Waals surface area contributed by atoms with Crippen molar-refractivity contribution in [3.05, 3.63) is 11.5 Å². The van der Waals surface area contributed by atoms with Crippen molar-refractivity contribution >= 4 is 28.3 Å². The standard InChI is InChI=1S/C11H14N4OS2/c1-6-8(9(12)18-15-6)11-13-10(14-16-11)7-4-2-3-5-17-7/h7H,2-5,12H2,1H3. The molecule has 2 aromatic heterocycles. The average molecular weight is 282 g/mol. The van der Waals surface area contributed by atoms with E-state index in [2.05, 4.69) is 14.5 Å². The van der Waals surface area contributed by atoms with E-state index < -0.39 is 0 Å². The van der Waals surface area contributed by atoms with Crippen LogP contribution in [0.1, 0.15) is 36.0 Å². The second-order valence-corrected chi connectivity index (χ2v) is 6.44. The number of anilines is 1. The van der Waals surface area contributed by atoms with Crippen LogP contribution < -0.4 is 5.73 Å². The Bertz CT molecular complexity index is 525. The number of nitrogen functional groups attached to an aromatic ring is 1. The van der Waals surface area contributed by atoms with E-state index >= 15 is 0 Å². The van der Waals surface area contributed by atoms with Gasteiger partial charge in [0.1, 0.15) is 5.00 Å². The molecule has 3 heterocycles. The van der Waals surface area contributed by atoms with Crippen LogP contribution in [0.3, 0.4) is 0 Å². The molecule has 0 aromatic carbocycles. The van der Waals surface area contributed by atoms with Gasteiger partial charge in [0.25, 0.3) is 5.89 Å². The van der Waals surface area contributed by atoms with E-state index in [1.807, 2.05) is 18.7 Å². The van der Waals surface area contributed by atoms with E-state index in [9.17, 15) is 0 Å². The monoisotopic (exact) mass is 282 g/mol. The normalized spacial score (nSPS) is 20.2. The number of aromatic nitrogens is 3. The lowest BCUT2D eigenvalue weighted by molar-refractivity contribution is 0.420. The molecule has 0 bridgehead atoms. The van der Waals surface area contributed by atoms with Gasteiger partial charge in [-0.1, -0.05) is 11.6 Å². The molecule has 1 saturated heterocycles. The van der Waals surface area contributed by atoms with Gasteiger partial charge in [0.15, 0.2) is 5.82 Å². The molecule has 5 nitrogen and oxygen atoms in total. The maximum Gasteiger partial charge on any atom is 0.262 e. The van der Waals surface area contributed by atoms with Crippen LogP contribution in [-0.4, -0.2) is 20.3 Å². The zero-order valence-electron chi connectivity index (χ0n) is 10.0. The lowest BCUT2D eigenvalue weighted by atomic mass is 10.2. The van der Waals surface area contributed by atoms with Crippen molar-refractivity contribution in [1.29, 1.82) is 0 Å². The van der Waals surface area contributed by atoms with E-state index in [4.69, 9.17) is 10.3 Å². The molecule has 0 aliphatic carbocycles. The molecule has 3 rings (SSSR count). The molecule has 0 spiro atoms. The summed E-state index contributed by atoms with van der Waals surface area (Å²) in [6.45, 7) is 1.90. The number of hydrogen-bond donors (Lipinski definition) is 1. The third kappa shape index (κ3) is 2.12. The van der Waals surface area contributed by atoms with Crippen LogP contribution in [-0.2, 0) is 0 Å². The van der Waals surface area contributed by atoms with Crippen molar-refractivity contribution < 1.29 is 4.52 Å². The molecule has 1 aliphatic rings. The highest BCUT2D eigenvalue weighted by molar-refractivity contribution is 7.99. The van der Waals surface area contributed by atoms with Gasteiger partial charge >= 0.3 is 0 Å². The highest BCUT2D eigenvalue weighted by atomic mass is 32.2. The minimum absolute atomic E-state index is 0.365. The fourth-order valence-electron chi connectivity index (χ4n) is 2.06. The van der Waals surface area contributed by atoms with Crippen molar-refractivity contribution in [1.82, 2.24) is 14.5 Å². The number of aryl methyl sites for hydroxylation is 1. The molecule has 0 saturated carbocycles. The molecule has 2 N–H and O–H groups in total. The Morgan fingerprint density at radius 1 is 1.39 bits per heavy atom. The Morgan fingerprint density at radius 3 is 2.94 bits per heavy atom. The van der Waals surface area contributed by atoms with Gasteiger partial charge in [-0.25, -0.2) is 0 Å². The van der Waals surface area contributed by atoms with Gasteiger partial charge in [0, 0.05) is 0 Å². The highest BCUT2D eigenvalue weighted by Crippen LogP contribution is 2.38. The first kappa shape index (κ1) is 12.0. The molecule has 0 amide bonds. The minimum Gasteiger partial charge on any atom is -0.389 e. The Kier molecular flexibility index (Phi) is 3.25. The summed E-state index contributed by atoms with van der Waals surface area (Å²) in [5.74, 6) is 2.47. The zero-order chi connectivity index (χ0) is 12.5. The molecule has 1 atom stereocenters. The summed E-state index contributed by atoms with van der Waals surface area (Å²) >= 11 is 3.17. The molecule has 0 radical (unpaired) electrons. The first-order valence-corrected chi connectivity index (χ1v) is 7.75. The van der Waals surface area contributed by atoms with Crippen LogP contribution in [0, 0.1) is 6.92 Å². The summed E-state index contributed by atoms with van der Waals surface area (Å²) < 4.78 is 9.53. The van der Waals surface area contributed by atoms with Crippen molar-refractivity contribution in [2.24, 2.45) is 0 Å². The second kappa shape index (κ2) is 4.89. The molecular formula is C11H14N4OS2. The van der Waals surface area contributed by atoms with Gasteiger partial charge < -0.3 is 10.3 Å². The Balaban J connectivity index is 1.89. The zero-order valence-corrected chi connectivity index (χ0v) is 11.7. The van der Waals surface area contributed by atoms with Crippen LogP contribution >= 0.6 is 23.3 Å². The van der Waals surface area contributed by atoms with Gasteiger partial charge in [-0.15, -0.1) is 0 Å². The fraction of sp³-hybridized carbons (Fsp3) is 0.545. The fourth-order valence-corrected chi connectivity index (χ4v) is 3.95. The predicted octanol–water partition coefficient (Wildman–Crippen LogP) is 3.04. The van der Waals surface area contributed by atoms with E-state index in [0.29, 0.717) is 16.1 Å². The lowest BCUT2D eigenvalue weighted by Crippen LogP contribution is -2.03. The summed E-state index contributed by atoms with van der Waals surface area (Å²) in [5, 5.41) is 5.10. The van der Waals surface area contributed by atoms with Gasteiger partial charge in [0.2, 0.25) is 0 Å². The van der Waals surface area contributed by atoms with Gasteiger partial charge in [-0.2, -0.15) is 21.1 Å². The second-order valence-electron chi connectivity index (χ2n) is 4.32. The number of nitrogens with zero attached hydrogens (tertiary/aromatic N) is 3. The molecule has 7 heteroatoms. The van der Waals surface area contributed by atoms with Crippen molar-refractivity contribution in [2.45, 2.75) is 31.4 Å². The summed E-state index contributed by atoms with van der Waals surface area (Å²) in [6, 6.07) is 0. The number of thioether (sulfide) groups is 1. The summed E-state index contributed by atoms with van der Waals surface area (Å²) in [4.78, 5) is 4.49. The first-order valence-electron chi connectivity index (χ1n) is 5.93. The Morgan fingerprint density at radius 2 is 2.28 bits per heavy atom. The van der Waals surface area contributed by atoms with Crippen LogP contribution in [0.15, 0.2) is 4.52 Å². The molecule has 96 valence electrons. The van der Waals surface area contributed by atoms with E-state index in [1.165, 1.54) is 30.1 Å². The molecule has 18 heavy (non-hydrogen) atoms. The summed E-state index contributed by atoms with van der Waals surface area (Å²) in [6.07, 6.45) is 3.65. The highest BCUT2D eigenvalue weighted by Gasteiger charge is 2.24. The third-order valence-electron chi connectivity index (χ3n) is 3.01. The molecular weight excluding hydrogens is 268 g/mol. The number of hydrogen-bond acceptors (Lipinski definition) is 7. The van der Waals surface area contributed by atoms with Crippen molar-refractivity contribution in [2.75, 3.05) is 11.5 Å². The van der Waals surface area contributed by atoms with Crippen LogP contribution in [0.2, 0.25) is 0 Å². The number of rotatable bonds is 2. The first-order chi connectivity index (χ1) is 8.75. The van der Waals surface area contributed by atoms with E-state index in [-0.39, 0.29) is 0 Å².